The smallest absolute Gasteiger partial charge is 0.272 e. The molecule has 0 radical (unpaired) electrons. The van der Waals surface area contributed by atoms with E-state index in [1.165, 1.54) is 6.20 Å². The van der Waals surface area contributed by atoms with Crippen LogP contribution in [-0.2, 0) is 6.42 Å². The van der Waals surface area contributed by atoms with Crippen molar-refractivity contribution in [1.82, 2.24) is 19.8 Å². The molecule has 2 aromatic rings. The highest BCUT2D eigenvalue weighted by Gasteiger charge is 2.17. The van der Waals surface area contributed by atoms with Crippen LogP contribution in [-0.4, -0.2) is 58.3 Å². The average Bonchev–Trinajstić information content (AvgIpc) is 2.67. The zero-order valence-corrected chi connectivity index (χ0v) is 15.0. The van der Waals surface area contributed by atoms with Gasteiger partial charge in [0.05, 0.1) is 0 Å². The van der Waals surface area contributed by atoms with Crippen molar-refractivity contribution in [2.24, 2.45) is 0 Å². The number of carbonyl (C=O) groups excluding carboxylic acids is 2. The molecule has 25 heavy (non-hydrogen) atoms. The van der Waals surface area contributed by atoms with Crippen LogP contribution in [0.25, 0.3) is 0 Å². The van der Waals surface area contributed by atoms with Gasteiger partial charge < -0.3 is 9.80 Å². The molecule has 6 nitrogen and oxygen atoms in total. The Hall–Kier alpha value is -2.76. The van der Waals surface area contributed by atoms with Crippen LogP contribution in [0.3, 0.4) is 0 Å². The maximum atomic E-state index is 12.6. The number of likely N-dealkylation sites (N-methyl/N-ethyl adjacent to an activating group) is 1. The molecule has 0 aromatic carbocycles. The van der Waals surface area contributed by atoms with Crippen LogP contribution in [0.15, 0.2) is 42.9 Å². The van der Waals surface area contributed by atoms with Gasteiger partial charge in [-0.25, -0.2) is 0 Å². The summed E-state index contributed by atoms with van der Waals surface area (Å²) in [6.45, 7) is 5.70. The summed E-state index contributed by atoms with van der Waals surface area (Å²) in [7, 11) is 1.74. The highest BCUT2D eigenvalue weighted by Crippen LogP contribution is 2.09. The number of amides is 2. The lowest BCUT2D eigenvalue weighted by atomic mass is 10.1. The largest absolute Gasteiger partial charge is 0.340 e. The van der Waals surface area contributed by atoms with E-state index in [0.717, 1.165) is 12.0 Å². The molecule has 0 bridgehead atoms. The first-order valence-electron chi connectivity index (χ1n) is 8.46. The summed E-state index contributed by atoms with van der Waals surface area (Å²) in [4.78, 5) is 36.5. The molecule has 0 unspecified atom stereocenters. The summed E-state index contributed by atoms with van der Waals surface area (Å²) in [5.74, 6) is -0.274. The Morgan fingerprint density at radius 2 is 1.68 bits per heavy atom. The van der Waals surface area contributed by atoms with Gasteiger partial charge in [0.1, 0.15) is 5.69 Å². The molecule has 0 saturated heterocycles. The molecule has 0 atom stereocenters. The molecule has 2 heterocycles. The van der Waals surface area contributed by atoms with Crippen LogP contribution in [0.1, 0.15) is 40.3 Å². The topological polar surface area (TPSA) is 66.4 Å². The fraction of sp³-hybridized carbons (Fsp3) is 0.368. The fourth-order valence-electron chi connectivity index (χ4n) is 2.52. The molecule has 0 aliphatic rings. The second kappa shape index (κ2) is 8.92. The van der Waals surface area contributed by atoms with Gasteiger partial charge in [0.2, 0.25) is 0 Å². The van der Waals surface area contributed by atoms with Gasteiger partial charge in [-0.1, -0.05) is 0 Å². The highest BCUT2D eigenvalue weighted by atomic mass is 16.2. The quantitative estimate of drug-likeness (QED) is 0.775. The third kappa shape index (κ3) is 4.86. The summed E-state index contributed by atoms with van der Waals surface area (Å²) >= 11 is 0. The average molecular weight is 340 g/mol. The van der Waals surface area contributed by atoms with Crippen molar-refractivity contribution in [3.63, 3.8) is 0 Å². The third-order valence-electron chi connectivity index (χ3n) is 4.11. The van der Waals surface area contributed by atoms with E-state index in [-0.39, 0.29) is 17.5 Å². The minimum absolute atomic E-state index is 0.0825. The number of hydrogen-bond donors (Lipinski definition) is 0. The van der Waals surface area contributed by atoms with Crippen molar-refractivity contribution >= 4 is 11.8 Å². The van der Waals surface area contributed by atoms with Crippen molar-refractivity contribution in [2.75, 3.05) is 26.7 Å². The Balaban J connectivity index is 2.06. The van der Waals surface area contributed by atoms with Gasteiger partial charge in [-0.05, 0) is 50.1 Å². The van der Waals surface area contributed by atoms with Gasteiger partial charge in [0.15, 0.2) is 0 Å². The van der Waals surface area contributed by atoms with E-state index in [4.69, 9.17) is 0 Å². The third-order valence-corrected chi connectivity index (χ3v) is 4.11. The summed E-state index contributed by atoms with van der Waals surface area (Å²) in [6, 6.07) is 7.08. The molecule has 0 fully saturated rings. The van der Waals surface area contributed by atoms with Crippen molar-refractivity contribution in [3.8, 4) is 0 Å². The van der Waals surface area contributed by atoms with Gasteiger partial charge in [-0.2, -0.15) is 0 Å². The van der Waals surface area contributed by atoms with Crippen LogP contribution >= 0.6 is 0 Å². The molecule has 2 amide bonds. The second-order valence-electron chi connectivity index (χ2n) is 5.74. The molecule has 0 aliphatic heterocycles. The van der Waals surface area contributed by atoms with Crippen molar-refractivity contribution in [3.05, 3.63) is 59.7 Å². The number of aromatic nitrogens is 2. The van der Waals surface area contributed by atoms with Crippen molar-refractivity contribution < 1.29 is 9.59 Å². The van der Waals surface area contributed by atoms with Crippen LogP contribution < -0.4 is 0 Å². The van der Waals surface area contributed by atoms with Gasteiger partial charge >= 0.3 is 0 Å². The SMILES string of the molecule is CCN(CC)C(=O)c1ccnc(C(=O)N(C)CCc2ccncc2)c1. The van der Waals surface area contributed by atoms with E-state index < -0.39 is 0 Å². The van der Waals surface area contributed by atoms with Gasteiger partial charge in [0, 0.05) is 50.8 Å². The fourth-order valence-corrected chi connectivity index (χ4v) is 2.52. The first kappa shape index (κ1) is 18.6. The van der Waals surface area contributed by atoms with E-state index >= 15 is 0 Å². The molecular formula is C19H24N4O2. The number of carbonyl (C=O) groups is 2. The molecule has 132 valence electrons. The Labute approximate surface area is 148 Å². The standard InChI is InChI=1S/C19H24N4O2/c1-4-23(5-2)18(24)16-8-12-21-17(14-16)19(25)22(3)13-9-15-6-10-20-11-7-15/h6-8,10-12,14H,4-5,9,13H2,1-3H3. The summed E-state index contributed by atoms with van der Waals surface area (Å²) < 4.78 is 0. The van der Waals surface area contributed by atoms with Crippen LogP contribution in [0.5, 0.6) is 0 Å². The Bertz CT molecular complexity index is 714. The van der Waals surface area contributed by atoms with Gasteiger partial charge in [-0.15, -0.1) is 0 Å². The van der Waals surface area contributed by atoms with Crippen molar-refractivity contribution in [2.45, 2.75) is 20.3 Å². The van der Waals surface area contributed by atoms with E-state index in [2.05, 4.69) is 9.97 Å². The number of rotatable bonds is 7. The molecule has 0 aliphatic carbocycles. The lowest BCUT2D eigenvalue weighted by Crippen LogP contribution is -2.32. The minimum Gasteiger partial charge on any atom is -0.340 e. The van der Waals surface area contributed by atoms with Crippen LogP contribution in [0.2, 0.25) is 0 Å². The molecule has 0 saturated carbocycles. The number of nitrogens with zero attached hydrogens (tertiary/aromatic N) is 4. The Morgan fingerprint density at radius 1 is 1.00 bits per heavy atom. The maximum absolute atomic E-state index is 12.6. The number of pyridine rings is 2. The van der Waals surface area contributed by atoms with E-state index in [1.807, 2.05) is 26.0 Å². The molecule has 0 N–H and O–H groups in total. The minimum atomic E-state index is -0.191. The predicted molar refractivity (Wildman–Crippen MR) is 96.4 cm³/mol. The molecule has 0 spiro atoms. The van der Waals surface area contributed by atoms with E-state index in [0.29, 0.717) is 25.2 Å². The zero-order chi connectivity index (χ0) is 18.2. The zero-order valence-electron chi connectivity index (χ0n) is 15.0. The second-order valence-corrected chi connectivity index (χ2v) is 5.74. The van der Waals surface area contributed by atoms with E-state index in [9.17, 15) is 9.59 Å². The molecule has 6 heteroatoms. The van der Waals surface area contributed by atoms with Crippen LogP contribution in [0, 0.1) is 0 Å². The summed E-state index contributed by atoms with van der Waals surface area (Å²) in [5.41, 5.74) is 1.90. The van der Waals surface area contributed by atoms with Gasteiger partial charge in [0.25, 0.3) is 11.8 Å². The molecular weight excluding hydrogens is 316 g/mol. The predicted octanol–water partition coefficient (Wildman–Crippen LogP) is 2.27. The van der Waals surface area contributed by atoms with Crippen molar-refractivity contribution in [1.29, 1.82) is 0 Å². The monoisotopic (exact) mass is 340 g/mol. The van der Waals surface area contributed by atoms with Gasteiger partial charge in [-0.3, -0.25) is 19.6 Å². The highest BCUT2D eigenvalue weighted by molar-refractivity contribution is 5.98. The lowest BCUT2D eigenvalue weighted by molar-refractivity contribution is 0.0772. The normalized spacial score (nSPS) is 10.4. The van der Waals surface area contributed by atoms with Crippen LogP contribution in [0.4, 0.5) is 0 Å². The first-order valence-corrected chi connectivity index (χ1v) is 8.46. The summed E-state index contributed by atoms with van der Waals surface area (Å²) in [5, 5.41) is 0. The van der Waals surface area contributed by atoms with E-state index in [1.54, 1.807) is 41.4 Å². The maximum Gasteiger partial charge on any atom is 0.272 e. The first-order chi connectivity index (χ1) is 12.1. The summed E-state index contributed by atoms with van der Waals surface area (Å²) in [6.07, 6.45) is 5.73. The lowest BCUT2D eigenvalue weighted by Gasteiger charge is -2.20. The Morgan fingerprint density at radius 3 is 2.32 bits per heavy atom. The Kier molecular flexibility index (Phi) is 6.62. The number of hydrogen-bond acceptors (Lipinski definition) is 4. The molecule has 2 aromatic heterocycles. The molecule has 2 rings (SSSR count).